The number of esters is 1. The molecule has 1 aromatic carbocycles. The number of aromatic nitrogens is 2. The van der Waals surface area contributed by atoms with Crippen molar-refractivity contribution in [2.24, 2.45) is 0 Å². The first-order chi connectivity index (χ1) is 16.0. The van der Waals surface area contributed by atoms with Gasteiger partial charge in [-0.2, -0.15) is 0 Å². The van der Waals surface area contributed by atoms with Crippen molar-refractivity contribution in [1.29, 1.82) is 0 Å². The van der Waals surface area contributed by atoms with Crippen LogP contribution >= 0.6 is 12.2 Å². The lowest BCUT2D eigenvalue weighted by Gasteiger charge is -2.29. The summed E-state index contributed by atoms with van der Waals surface area (Å²) in [5.74, 6) is -0.366. The Hall–Kier alpha value is -3.23. The molecule has 8 heteroatoms. The van der Waals surface area contributed by atoms with Crippen LogP contribution < -0.4 is 5.32 Å². The summed E-state index contributed by atoms with van der Waals surface area (Å²) >= 11 is 5.78. The lowest BCUT2D eigenvalue weighted by atomic mass is 10.0. The molecule has 1 N–H and O–H groups in total. The standard InChI is InChI=1S/C25H29N5O2S/c1-28(2)15-9-17-30-23(22(27-25(30)33)19-11-6-7-14-26-19)21-13-8-16-29(21)20-12-5-4-10-18(20)24(31)32-3/h4-8,10-14,16,22-23H,9,15,17H2,1-3H3,(H,27,33)/t22-,23+/m1/s1. The van der Waals surface area contributed by atoms with E-state index in [2.05, 4.69) is 44.8 Å². The Kier molecular flexibility index (Phi) is 7.05. The topological polar surface area (TPSA) is 62.6 Å². The second-order valence-corrected chi connectivity index (χ2v) is 8.68. The molecule has 2 aromatic heterocycles. The fraction of sp³-hybridized carbons (Fsp3) is 0.320. The zero-order chi connectivity index (χ0) is 23.4. The molecular formula is C25H29N5O2S. The highest BCUT2D eigenvalue weighted by Gasteiger charge is 2.41. The molecule has 0 aliphatic carbocycles. The molecule has 33 heavy (non-hydrogen) atoms. The normalized spacial score (nSPS) is 17.9. The van der Waals surface area contributed by atoms with Crippen LogP contribution in [-0.4, -0.2) is 64.7 Å². The molecule has 1 aliphatic rings. The maximum absolute atomic E-state index is 12.5. The van der Waals surface area contributed by atoms with Gasteiger partial charge in [0, 0.05) is 24.6 Å². The maximum Gasteiger partial charge on any atom is 0.339 e. The minimum atomic E-state index is -0.366. The van der Waals surface area contributed by atoms with E-state index in [4.69, 9.17) is 17.0 Å². The van der Waals surface area contributed by atoms with Crippen LogP contribution in [0.5, 0.6) is 0 Å². The van der Waals surface area contributed by atoms with Crippen molar-refractivity contribution in [3.63, 3.8) is 0 Å². The summed E-state index contributed by atoms with van der Waals surface area (Å²) < 4.78 is 7.09. The highest BCUT2D eigenvalue weighted by molar-refractivity contribution is 7.80. The summed E-state index contributed by atoms with van der Waals surface area (Å²) in [4.78, 5) is 21.5. The molecule has 1 aliphatic heterocycles. The van der Waals surface area contributed by atoms with Crippen molar-refractivity contribution in [3.8, 4) is 5.69 Å². The molecule has 1 fully saturated rings. The second-order valence-electron chi connectivity index (χ2n) is 8.29. The largest absolute Gasteiger partial charge is 0.465 e. The molecule has 3 heterocycles. The minimum Gasteiger partial charge on any atom is -0.465 e. The van der Waals surface area contributed by atoms with Crippen molar-refractivity contribution >= 4 is 23.3 Å². The Labute approximate surface area is 200 Å². The number of hydrogen-bond acceptors (Lipinski definition) is 5. The van der Waals surface area contributed by atoms with Gasteiger partial charge in [-0.15, -0.1) is 0 Å². The highest BCUT2D eigenvalue weighted by atomic mass is 32.1. The molecule has 2 atom stereocenters. The van der Waals surface area contributed by atoms with Gasteiger partial charge in [0.25, 0.3) is 0 Å². The molecular weight excluding hydrogens is 434 g/mol. The van der Waals surface area contributed by atoms with Crippen LogP contribution in [0.2, 0.25) is 0 Å². The average molecular weight is 464 g/mol. The number of pyridine rings is 1. The number of methoxy groups -OCH3 is 1. The predicted octanol–water partition coefficient (Wildman–Crippen LogP) is 3.58. The van der Waals surface area contributed by atoms with E-state index in [-0.39, 0.29) is 18.1 Å². The van der Waals surface area contributed by atoms with Gasteiger partial charge in [0.2, 0.25) is 0 Å². The van der Waals surface area contributed by atoms with Crippen LogP contribution in [0.15, 0.2) is 67.0 Å². The third-order valence-corrected chi connectivity index (χ3v) is 6.21. The lowest BCUT2D eigenvalue weighted by molar-refractivity contribution is 0.0600. The first kappa shape index (κ1) is 22.9. The maximum atomic E-state index is 12.5. The highest BCUT2D eigenvalue weighted by Crippen LogP contribution is 2.39. The molecule has 7 nitrogen and oxygen atoms in total. The van der Waals surface area contributed by atoms with Crippen LogP contribution in [0.25, 0.3) is 5.69 Å². The zero-order valence-electron chi connectivity index (χ0n) is 19.1. The molecule has 0 unspecified atom stereocenters. The summed E-state index contributed by atoms with van der Waals surface area (Å²) in [6.45, 7) is 1.77. The van der Waals surface area contributed by atoms with Crippen LogP contribution in [-0.2, 0) is 4.74 Å². The first-order valence-corrected chi connectivity index (χ1v) is 11.4. The van der Waals surface area contributed by atoms with Gasteiger partial charge in [-0.1, -0.05) is 18.2 Å². The van der Waals surface area contributed by atoms with Crippen molar-refractivity contribution in [2.75, 3.05) is 34.3 Å². The Morgan fingerprint density at radius 1 is 1.15 bits per heavy atom. The van der Waals surface area contributed by atoms with E-state index in [1.54, 1.807) is 12.3 Å². The van der Waals surface area contributed by atoms with E-state index in [1.807, 2.05) is 48.7 Å². The van der Waals surface area contributed by atoms with Gasteiger partial charge in [-0.05, 0) is 75.7 Å². The quantitative estimate of drug-likeness (QED) is 0.405. The molecule has 3 aromatic rings. The van der Waals surface area contributed by atoms with E-state index in [1.165, 1.54) is 7.11 Å². The van der Waals surface area contributed by atoms with Gasteiger partial charge in [-0.3, -0.25) is 4.98 Å². The first-order valence-electron chi connectivity index (χ1n) is 11.0. The van der Waals surface area contributed by atoms with Crippen LogP contribution in [0.3, 0.4) is 0 Å². The van der Waals surface area contributed by atoms with Crippen molar-refractivity contribution in [3.05, 3.63) is 83.9 Å². The van der Waals surface area contributed by atoms with Gasteiger partial charge < -0.3 is 24.4 Å². The Balaban J connectivity index is 1.78. The third kappa shape index (κ3) is 4.77. The SMILES string of the molecule is COC(=O)c1ccccc1-n1cccc1[C@H]1[C@@H](c2ccccn2)NC(=S)N1CCCN(C)C. The van der Waals surface area contributed by atoms with Crippen molar-refractivity contribution in [2.45, 2.75) is 18.5 Å². The number of benzene rings is 1. The number of carbonyl (C=O) groups is 1. The molecule has 0 amide bonds. The lowest BCUT2D eigenvalue weighted by Crippen LogP contribution is -2.33. The van der Waals surface area contributed by atoms with Gasteiger partial charge >= 0.3 is 5.97 Å². The average Bonchev–Trinajstić information content (AvgIpc) is 3.43. The molecule has 0 bridgehead atoms. The minimum absolute atomic E-state index is 0.0877. The van der Waals surface area contributed by atoms with Crippen molar-refractivity contribution in [1.82, 2.24) is 24.7 Å². The van der Waals surface area contributed by atoms with Crippen LogP contribution in [0, 0.1) is 0 Å². The van der Waals surface area contributed by atoms with Crippen LogP contribution in [0.4, 0.5) is 0 Å². The fourth-order valence-electron chi connectivity index (χ4n) is 4.35. The molecule has 0 radical (unpaired) electrons. The van der Waals surface area contributed by atoms with Gasteiger partial charge in [0.05, 0.1) is 36.1 Å². The molecule has 0 saturated carbocycles. The third-order valence-electron chi connectivity index (χ3n) is 5.85. The van der Waals surface area contributed by atoms with E-state index in [9.17, 15) is 4.79 Å². The fourth-order valence-corrected chi connectivity index (χ4v) is 4.68. The number of rotatable bonds is 8. The Bertz CT molecular complexity index is 1110. The zero-order valence-corrected chi connectivity index (χ0v) is 20.0. The predicted molar refractivity (Wildman–Crippen MR) is 132 cm³/mol. The molecule has 1 saturated heterocycles. The van der Waals surface area contributed by atoms with E-state index >= 15 is 0 Å². The number of carbonyl (C=O) groups excluding carboxylic acids is 1. The molecule has 4 rings (SSSR count). The van der Waals surface area contributed by atoms with Crippen molar-refractivity contribution < 1.29 is 9.53 Å². The number of nitrogens with zero attached hydrogens (tertiary/aromatic N) is 4. The monoisotopic (exact) mass is 463 g/mol. The van der Waals surface area contributed by atoms with E-state index < -0.39 is 0 Å². The Morgan fingerprint density at radius 3 is 2.67 bits per heavy atom. The summed E-state index contributed by atoms with van der Waals surface area (Å²) in [7, 11) is 5.55. The number of para-hydroxylation sites is 1. The summed E-state index contributed by atoms with van der Waals surface area (Å²) in [5.41, 5.74) is 3.24. The molecule has 172 valence electrons. The number of nitrogens with one attached hydrogen (secondary N) is 1. The number of thiocarbonyl (C=S) groups is 1. The summed E-state index contributed by atoms with van der Waals surface area (Å²) in [5, 5.41) is 4.21. The van der Waals surface area contributed by atoms with Gasteiger partial charge in [-0.25, -0.2) is 4.79 Å². The van der Waals surface area contributed by atoms with Gasteiger partial charge in [0.1, 0.15) is 0 Å². The van der Waals surface area contributed by atoms with Crippen LogP contribution in [0.1, 0.15) is 40.3 Å². The number of hydrogen-bond donors (Lipinski definition) is 1. The second kappa shape index (κ2) is 10.1. The van der Waals surface area contributed by atoms with Gasteiger partial charge in [0.15, 0.2) is 5.11 Å². The smallest absolute Gasteiger partial charge is 0.339 e. The summed E-state index contributed by atoms with van der Waals surface area (Å²) in [6.07, 6.45) is 4.75. The van der Waals surface area contributed by atoms with E-state index in [0.29, 0.717) is 10.7 Å². The Morgan fingerprint density at radius 2 is 1.94 bits per heavy atom. The number of ether oxygens (including phenoxy) is 1. The molecule has 0 spiro atoms. The summed E-state index contributed by atoms with van der Waals surface area (Å²) in [6, 6.07) is 17.3. The van der Waals surface area contributed by atoms with E-state index in [0.717, 1.165) is 36.6 Å².